The van der Waals surface area contributed by atoms with Gasteiger partial charge in [0.1, 0.15) is 5.03 Å². The van der Waals surface area contributed by atoms with Gasteiger partial charge in [-0.3, -0.25) is 4.79 Å². The molecule has 0 heterocycles. The first-order valence-corrected chi connectivity index (χ1v) is 6.16. The zero-order valence-corrected chi connectivity index (χ0v) is 11.5. The lowest BCUT2D eigenvalue weighted by molar-refractivity contribution is -0.111. The molecule has 1 aromatic carbocycles. The van der Waals surface area contributed by atoms with Crippen molar-refractivity contribution in [2.75, 3.05) is 12.4 Å². The van der Waals surface area contributed by atoms with Crippen LogP contribution in [0.4, 0.5) is 11.4 Å². The van der Waals surface area contributed by atoms with Crippen LogP contribution in [-0.2, 0) is 4.79 Å². The summed E-state index contributed by atoms with van der Waals surface area (Å²) in [7, 11) is 1.85. The van der Waals surface area contributed by atoms with E-state index >= 15 is 0 Å². The normalized spacial score (nSPS) is 17.7. The fraction of sp³-hybridized carbons (Fsp3) is 0.143. The number of anilines is 1. The number of Topliss-reactive ketones (excluding diaryl/α,β-unsaturated/α-hetero) is 1. The maximum atomic E-state index is 11.6. The van der Waals surface area contributed by atoms with Gasteiger partial charge in [0.25, 0.3) is 0 Å². The van der Waals surface area contributed by atoms with Crippen molar-refractivity contribution in [1.82, 2.24) is 0 Å². The third-order valence-corrected chi connectivity index (χ3v) is 3.20. The highest BCUT2D eigenvalue weighted by Crippen LogP contribution is 2.23. The summed E-state index contributed by atoms with van der Waals surface area (Å²) in [6, 6.07) is 7.54. The third kappa shape index (κ3) is 2.69. The number of carbonyl (C=O) groups excluding carboxylic acids is 1. The predicted molar refractivity (Wildman–Crippen MR) is 78.9 cm³/mol. The minimum absolute atomic E-state index is 0.0330. The van der Waals surface area contributed by atoms with Crippen molar-refractivity contribution in [1.29, 1.82) is 0 Å². The van der Waals surface area contributed by atoms with Gasteiger partial charge in [-0.1, -0.05) is 11.6 Å². The second-order valence-electron chi connectivity index (χ2n) is 4.18. The van der Waals surface area contributed by atoms with E-state index in [1.54, 1.807) is 13.0 Å². The number of aliphatic imine (C=N–C) groups is 1. The van der Waals surface area contributed by atoms with Crippen molar-refractivity contribution >= 4 is 34.5 Å². The fourth-order valence-electron chi connectivity index (χ4n) is 1.69. The smallest absolute Gasteiger partial charge is 0.202 e. The molecule has 98 valence electrons. The molecule has 5 heteroatoms. The van der Waals surface area contributed by atoms with E-state index in [2.05, 4.69) is 10.3 Å². The van der Waals surface area contributed by atoms with Crippen molar-refractivity contribution in [2.45, 2.75) is 6.92 Å². The van der Waals surface area contributed by atoms with Crippen LogP contribution in [0.25, 0.3) is 0 Å². The SMILES string of the molecule is CNc1ccc(/N=C2\C=C(C)C(=O)C(Cl)=C2N)cc1. The molecule has 1 aliphatic rings. The van der Waals surface area contributed by atoms with E-state index in [-0.39, 0.29) is 16.5 Å². The zero-order valence-electron chi connectivity index (χ0n) is 10.7. The van der Waals surface area contributed by atoms with E-state index in [0.717, 1.165) is 11.4 Å². The number of nitrogens with one attached hydrogen (secondary N) is 1. The summed E-state index contributed by atoms with van der Waals surface area (Å²) in [6.07, 6.45) is 1.65. The summed E-state index contributed by atoms with van der Waals surface area (Å²) < 4.78 is 0. The average molecular weight is 276 g/mol. The van der Waals surface area contributed by atoms with Crippen molar-refractivity contribution in [3.05, 3.63) is 46.6 Å². The summed E-state index contributed by atoms with van der Waals surface area (Å²) in [4.78, 5) is 16.0. The maximum Gasteiger partial charge on any atom is 0.202 e. The Morgan fingerprint density at radius 2 is 1.89 bits per heavy atom. The topological polar surface area (TPSA) is 67.5 Å². The highest BCUT2D eigenvalue weighted by molar-refractivity contribution is 6.49. The largest absolute Gasteiger partial charge is 0.396 e. The van der Waals surface area contributed by atoms with Gasteiger partial charge < -0.3 is 11.1 Å². The van der Waals surface area contributed by atoms with Gasteiger partial charge in [-0.25, -0.2) is 4.99 Å². The summed E-state index contributed by atoms with van der Waals surface area (Å²) in [5, 5.41) is 3.06. The first-order valence-electron chi connectivity index (χ1n) is 5.78. The molecule has 1 aliphatic carbocycles. The molecule has 0 amide bonds. The summed E-state index contributed by atoms with van der Waals surface area (Å²) in [5.74, 6) is -0.247. The predicted octanol–water partition coefficient (Wildman–Crippen LogP) is 2.74. The highest BCUT2D eigenvalue weighted by atomic mass is 35.5. The lowest BCUT2D eigenvalue weighted by Crippen LogP contribution is -2.20. The molecular weight excluding hydrogens is 262 g/mol. The van der Waals surface area contributed by atoms with Gasteiger partial charge in [0.05, 0.1) is 17.1 Å². The summed E-state index contributed by atoms with van der Waals surface area (Å²) in [5.41, 5.74) is 8.83. The number of hydrogen-bond donors (Lipinski definition) is 2. The van der Waals surface area contributed by atoms with E-state index in [9.17, 15) is 4.79 Å². The van der Waals surface area contributed by atoms with E-state index in [1.165, 1.54) is 0 Å². The molecule has 0 spiro atoms. The molecule has 0 fully saturated rings. The molecular formula is C14H14ClN3O. The van der Waals surface area contributed by atoms with Crippen molar-refractivity contribution in [3.63, 3.8) is 0 Å². The monoisotopic (exact) mass is 275 g/mol. The van der Waals surface area contributed by atoms with Crippen LogP contribution in [0.3, 0.4) is 0 Å². The van der Waals surface area contributed by atoms with Gasteiger partial charge >= 0.3 is 0 Å². The Labute approximate surface area is 116 Å². The number of nitrogens with two attached hydrogens (primary N) is 1. The van der Waals surface area contributed by atoms with Crippen LogP contribution in [0.5, 0.6) is 0 Å². The van der Waals surface area contributed by atoms with Crippen LogP contribution in [0.2, 0.25) is 0 Å². The number of rotatable bonds is 2. The molecule has 2 rings (SSSR count). The molecule has 0 atom stereocenters. The second-order valence-corrected chi connectivity index (χ2v) is 4.56. The Morgan fingerprint density at radius 1 is 1.26 bits per heavy atom. The Morgan fingerprint density at radius 3 is 2.47 bits per heavy atom. The Balaban J connectivity index is 2.39. The number of nitrogens with zero attached hydrogens (tertiary/aromatic N) is 1. The first-order chi connectivity index (χ1) is 9.02. The highest BCUT2D eigenvalue weighted by Gasteiger charge is 2.21. The Hall–Kier alpha value is -2.07. The van der Waals surface area contributed by atoms with E-state index in [0.29, 0.717) is 11.3 Å². The Bertz CT molecular complexity index is 612. The van der Waals surface area contributed by atoms with Crippen molar-refractivity contribution in [3.8, 4) is 0 Å². The van der Waals surface area contributed by atoms with Gasteiger partial charge in [-0.05, 0) is 37.3 Å². The van der Waals surface area contributed by atoms with Crippen LogP contribution < -0.4 is 11.1 Å². The molecule has 0 saturated heterocycles. The fourth-order valence-corrected chi connectivity index (χ4v) is 1.94. The van der Waals surface area contributed by atoms with Crippen molar-refractivity contribution < 1.29 is 4.79 Å². The lowest BCUT2D eigenvalue weighted by atomic mass is 10.0. The average Bonchev–Trinajstić information content (AvgIpc) is 2.43. The molecule has 3 N–H and O–H groups in total. The molecule has 0 saturated carbocycles. The van der Waals surface area contributed by atoms with Gasteiger partial charge in [-0.15, -0.1) is 0 Å². The third-order valence-electron chi connectivity index (χ3n) is 2.83. The van der Waals surface area contributed by atoms with Gasteiger partial charge in [0.15, 0.2) is 0 Å². The van der Waals surface area contributed by atoms with E-state index in [4.69, 9.17) is 17.3 Å². The van der Waals surface area contributed by atoms with E-state index < -0.39 is 0 Å². The van der Waals surface area contributed by atoms with Crippen LogP contribution in [-0.4, -0.2) is 18.5 Å². The Kier molecular flexibility index (Phi) is 3.71. The molecule has 1 aromatic rings. The molecule has 0 unspecified atom stereocenters. The van der Waals surface area contributed by atoms with Crippen molar-refractivity contribution in [2.24, 2.45) is 10.7 Å². The van der Waals surface area contributed by atoms with Gasteiger partial charge in [0.2, 0.25) is 5.78 Å². The van der Waals surface area contributed by atoms with Crippen LogP contribution in [0.1, 0.15) is 6.92 Å². The van der Waals surface area contributed by atoms with Crippen LogP contribution >= 0.6 is 11.6 Å². The summed E-state index contributed by atoms with van der Waals surface area (Å²) >= 11 is 5.89. The van der Waals surface area contributed by atoms with E-state index in [1.807, 2.05) is 31.3 Å². The van der Waals surface area contributed by atoms with Crippen LogP contribution in [0, 0.1) is 0 Å². The standard InChI is InChI=1S/C14H14ClN3O/c1-8-7-11(13(16)12(15)14(8)19)18-10-5-3-9(17-2)4-6-10/h3-7,17H,16H2,1-2H3/b18-11+. The number of hydrogen-bond acceptors (Lipinski definition) is 4. The first kappa shape index (κ1) is 13.4. The number of allylic oxidation sites excluding steroid dienone is 3. The second kappa shape index (κ2) is 5.28. The van der Waals surface area contributed by atoms with Gasteiger partial charge in [0, 0.05) is 18.3 Å². The molecule has 4 nitrogen and oxygen atoms in total. The summed E-state index contributed by atoms with van der Waals surface area (Å²) in [6.45, 7) is 1.69. The van der Waals surface area contributed by atoms with Crippen LogP contribution in [0.15, 0.2) is 51.6 Å². The molecule has 0 aliphatic heterocycles. The minimum atomic E-state index is -0.247. The number of ketones is 1. The molecule has 0 radical (unpaired) electrons. The molecule has 19 heavy (non-hydrogen) atoms. The molecule has 0 aromatic heterocycles. The lowest BCUT2D eigenvalue weighted by Gasteiger charge is -2.12. The zero-order chi connectivity index (χ0) is 14.0. The number of halogens is 1. The number of carbonyl (C=O) groups is 1. The molecule has 0 bridgehead atoms. The number of benzene rings is 1. The minimum Gasteiger partial charge on any atom is -0.396 e. The quantitative estimate of drug-likeness (QED) is 0.816. The maximum absolute atomic E-state index is 11.6. The van der Waals surface area contributed by atoms with Gasteiger partial charge in [-0.2, -0.15) is 0 Å².